The minimum absolute atomic E-state index is 0.125. The van der Waals surface area contributed by atoms with Crippen molar-refractivity contribution in [2.45, 2.75) is 43.4 Å². The molecule has 0 spiro atoms. The Kier molecular flexibility index (Phi) is 3.28. The third kappa shape index (κ3) is 2.54. The van der Waals surface area contributed by atoms with E-state index in [-0.39, 0.29) is 16.1 Å². The van der Waals surface area contributed by atoms with Crippen LogP contribution in [0.15, 0.2) is 29.2 Å². The van der Waals surface area contributed by atoms with Crippen LogP contribution < -0.4 is 4.74 Å². The lowest BCUT2D eigenvalue weighted by molar-refractivity contribution is -0.0749. The van der Waals surface area contributed by atoms with E-state index in [1.54, 1.807) is 18.2 Å². The molecule has 4 saturated carbocycles. The van der Waals surface area contributed by atoms with Crippen molar-refractivity contribution in [1.82, 2.24) is 0 Å². The lowest BCUT2D eigenvalue weighted by Gasteiger charge is -2.56. The smallest absolute Gasteiger partial charge is 0.298 e. The van der Waals surface area contributed by atoms with E-state index >= 15 is 0 Å². The van der Waals surface area contributed by atoms with Crippen LogP contribution in [0.3, 0.4) is 0 Å². The molecule has 4 aliphatic carbocycles. The number of hydrogen-bond donors (Lipinski definition) is 1. The summed E-state index contributed by atoms with van der Waals surface area (Å²) >= 11 is 0. The van der Waals surface area contributed by atoms with Crippen molar-refractivity contribution in [2.75, 3.05) is 6.61 Å². The molecule has 0 saturated heterocycles. The fraction of sp³-hybridized carbons (Fsp3) is 0.647. The molecule has 4 bridgehead atoms. The zero-order chi connectivity index (χ0) is 15.4. The summed E-state index contributed by atoms with van der Waals surface area (Å²) in [7, 11) is -4.24. The van der Waals surface area contributed by atoms with E-state index in [1.807, 2.05) is 0 Å². The first-order valence-corrected chi connectivity index (χ1v) is 9.57. The minimum atomic E-state index is -4.24. The molecule has 1 N–H and O–H groups in total. The fourth-order valence-corrected chi connectivity index (χ4v) is 6.11. The van der Waals surface area contributed by atoms with Gasteiger partial charge in [-0.05, 0) is 68.4 Å². The van der Waals surface area contributed by atoms with E-state index < -0.39 is 10.1 Å². The first-order chi connectivity index (χ1) is 10.4. The first-order valence-electron chi connectivity index (χ1n) is 8.13. The van der Waals surface area contributed by atoms with Gasteiger partial charge in [0.2, 0.25) is 0 Å². The fourth-order valence-electron chi connectivity index (χ4n) is 5.48. The van der Waals surface area contributed by atoms with Crippen LogP contribution in [0, 0.1) is 23.2 Å². The van der Waals surface area contributed by atoms with Crippen molar-refractivity contribution in [1.29, 1.82) is 0 Å². The molecule has 4 nitrogen and oxygen atoms in total. The number of hydrogen-bond acceptors (Lipinski definition) is 3. The van der Waals surface area contributed by atoms with E-state index in [4.69, 9.17) is 4.74 Å². The zero-order valence-electron chi connectivity index (χ0n) is 12.6. The van der Waals surface area contributed by atoms with Crippen LogP contribution in [0.25, 0.3) is 0 Å². The van der Waals surface area contributed by atoms with Crippen LogP contribution in [0.2, 0.25) is 0 Å². The molecule has 0 aromatic heterocycles. The van der Waals surface area contributed by atoms with Gasteiger partial charge in [-0.2, -0.15) is 8.42 Å². The maximum absolute atomic E-state index is 11.5. The van der Waals surface area contributed by atoms with Gasteiger partial charge in [0.05, 0.1) is 6.61 Å². The van der Waals surface area contributed by atoms with Gasteiger partial charge in [0, 0.05) is 5.41 Å². The molecule has 0 heterocycles. The van der Waals surface area contributed by atoms with Crippen LogP contribution in [0.5, 0.6) is 5.75 Å². The van der Waals surface area contributed by atoms with Gasteiger partial charge in [-0.3, -0.25) is 4.55 Å². The lowest BCUT2D eigenvalue weighted by atomic mass is 9.50. The Morgan fingerprint density at radius 3 is 2.14 bits per heavy atom. The molecule has 4 fully saturated rings. The van der Waals surface area contributed by atoms with E-state index in [1.165, 1.54) is 44.6 Å². The molecule has 0 unspecified atom stereocenters. The Hall–Kier alpha value is -1.07. The quantitative estimate of drug-likeness (QED) is 0.861. The number of benzene rings is 1. The highest BCUT2D eigenvalue weighted by atomic mass is 32.2. The Morgan fingerprint density at radius 1 is 1.05 bits per heavy atom. The normalized spacial score (nSPS) is 36.5. The number of rotatable bonds is 4. The van der Waals surface area contributed by atoms with Crippen molar-refractivity contribution in [3.63, 3.8) is 0 Å². The van der Waals surface area contributed by atoms with Gasteiger partial charge in [-0.1, -0.05) is 12.1 Å². The summed E-state index contributed by atoms with van der Waals surface area (Å²) in [6.07, 6.45) is 7.77. The molecular formula is C17H22O4S. The summed E-state index contributed by atoms with van der Waals surface area (Å²) < 4.78 is 38.1. The third-order valence-electron chi connectivity index (χ3n) is 5.83. The Labute approximate surface area is 131 Å². The van der Waals surface area contributed by atoms with Crippen molar-refractivity contribution >= 4 is 10.1 Å². The summed E-state index contributed by atoms with van der Waals surface area (Å²) in [4.78, 5) is -0.125. The van der Waals surface area contributed by atoms with E-state index in [2.05, 4.69) is 0 Å². The van der Waals surface area contributed by atoms with Gasteiger partial charge >= 0.3 is 0 Å². The zero-order valence-corrected chi connectivity index (χ0v) is 13.4. The van der Waals surface area contributed by atoms with Crippen molar-refractivity contribution in [3.8, 4) is 5.75 Å². The summed E-state index contributed by atoms with van der Waals surface area (Å²) in [6.45, 7) is 0.572. The van der Waals surface area contributed by atoms with Crippen molar-refractivity contribution < 1.29 is 17.7 Å². The van der Waals surface area contributed by atoms with Gasteiger partial charge in [0.15, 0.2) is 0 Å². The SMILES string of the molecule is O=S(=O)(O)c1ccccc1OCC12CC3CC(CC(C3)C1)C2. The summed E-state index contributed by atoms with van der Waals surface area (Å²) in [5, 5.41) is 0. The molecule has 0 atom stereocenters. The van der Waals surface area contributed by atoms with Gasteiger partial charge in [0.1, 0.15) is 10.6 Å². The average Bonchev–Trinajstić information content (AvgIpc) is 2.43. The highest BCUT2D eigenvalue weighted by Gasteiger charge is 2.51. The number of ether oxygens (including phenoxy) is 1. The van der Waals surface area contributed by atoms with Crippen LogP contribution in [-0.2, 0) is 10.1 Å². The van der Waals surface area contributed by atoms with E-state index in [0.717, 1.165) is 17.8 Å². The summed E-state index contributed by atoms with van der Waals surface area (Å²) in [6, 6.07) is 6.36. The van der Waals surface area contributed by atoms with Crippen molar-refractivity contribution in [2.24, 2.45) is 23.2 Å². The highest BCUT2D eigenvalue weighted by Crippen LogP contribution is 2.60. The van der Waals surface area contributed by atoms with Crippen LogP contribution >= 0.6 is 0 Å². The lowest BCUT2D eigenvalue weighted by Crippen LogP contribution is -2.48. The molecule has 5 heteroatoms. The Morgan fingerprint density at radius 2 is 1.59 bits per heavy atom. The summed E-state index contributed by atoms with van der Waals surface area (Å²) in [5.74, 6) is 2.80. The molecule has 120 valence electrons. The van der Waals surface area contributed by atoms with E-state index in [0.29, 0.717) is 6.61 Å². The molecule has 0 aliphatic heterocycles. The molecule has 0 radical (unpaired) electrons. The predicted molar refractivity (Wildman–Crippen MR) is 82.4 cm³/mol. The molecule has 1 aromatic carbocycles. The van der Waals surface area contributed by atoms with Crippen LogP contribution in [-0.4, -0.2) is 19.6 Å². The standard InChI is InChI=1S/C17H22O4S/c18-22(19,20)16-4-2-1-3-15(16)21-11-17-8-12-5-13(9-17)7-14(6-12)10-17/h1-4,12-14H,5-11H2,(H,18,19,20). The molecule has 4 aliphatic rings. The van der Waals surface area contributed by atoms with Gasteiger partial charge in [-0.25, -0.2) is 0 Å². The van der Waals surface area contributed by atoms with Gasteiger partial charge < -0.3 is 4.74 Å². The van der Waals surface area contributed by atoms with Crippen molar-refractivity contribution in [3.05, 3.63) is 24.3 Å². The summed E-state index contributed by atoms with van der Waals surface area (Å²) in [5.41, 5.74) is 0.223. The molecule has 22 heavy (non-hydrogen) atoms. The second kappa shape index (κ2) is 4.96. The van der Waals surface area contributed by atoms with Gasteiger partial charge in [-0.15, -0.1) is 0 Å². The Bertz CT molecular complexity index is 644. The third-order valence-corrected chi connectivity index (χ3v) is 6.72. The largest absolute Gasteiger partial charge is 0.492 e. The topological polar surface area (TPSA) is 63.6 Å². The first kappa shape index (κ1) is 14.5. The van der Waals surface area contributed by atoms with Crippen LogP contribution in [0.1, 0.15) is 38.5 Å². The molecule has 5 rings (SSSR count). The second-order valence-electron chi connectivity index (χ2n) is 7.63. The molecular weight excluding hydrogens is 300 g/mol. The monoisotopic (exact) mass is 322 g/mol. The van der Waals surface area contributed by atoms with E-state index in [9.17, 15) is 13.0 Å². The van der Waals surface area contributed by atoms with Gasteiger partial charge in [0.25, 0.3) is 10.1 Å². The second-order valence-corrected chi connectivity index (χ2v) is 9.02. The highest BCUT2D eigenvalue weighted by molar-refractivity contribution is 7.86. The predicted octanol–water partition coefficient (Wildman–Crippen LogP) is 3.53. The molecule has 0 amide bonds. The Balaban J connectivity index is 1.54. The number of para-hydroxylation sites is 1. The maximum Gasteiger partial charge on any atom is 0.298 e. The minimum Gasteiger partial charge on any atom is -0.492 e. The average molecular weight is 322 g/mol. The molecule has 1 aromatic rings. The maximum atomic E-state index is 11.5. The van der Waals surface area contributed by atoms with Crippen LogP contribution in [0.4, 0.5) is 0 Å².